The number of phenolic OH excluding ortho intramolecular Hbond substituents is 1. The highest BCUT2D eigenvalue weighted by Crippen LogP contribution is 2.37. The third-order valence-electron chi connectivity index (χ3n) is 21.7. The maximum absolute atomic E-state index is 12.8. The van der Waals surface area contributed by atoms with Gasteiger partial charge in [0.05, 0.1) is 87.2 Å². The predicted octanol–water partition coefficient (Wildman–Crippen LogP) is 3.43. The minimum absolute atomic E-state index is 0.0437. The van der Waals surface area contributed by atoms with Crippen molar-refractivity contribution in [3.05, 3.63) is 270 Å². The van der Waals surface area contributed by atoms with E-state index in [1.807, 2.05) is 38.1 Å². The summed E-state index contributed by atoms with van der Waals surface area (Å²) in [5.74, 6) is -2.34. The molecule has 5 heterocycles. The molecule has 5 fully saturated rings. The van der Waals surface area contributed by atoms with Gasteiger partial charge in [0.25, 0.3) is 0 Å². The van der Waals surface area contributed by atoms with Gasteiger partial charge in [0.2, 0.25) is 18.9 Å². The summed E-state index contributed by atoms with van der Waals surface area (Å²) in [7, 11) is 4.50. The van der Waals surface area contributed by atoms with Crippen molar-refractivity contribution in [1.29, 1.82) is 0 Å². The molecule has 747 valence electrons. The molecular weight excluding hydrogens is 1830 g/mol. The molecule has 42 heteroatoms. The average molecular weight is 1940 g/mol. The molecular formula is C96H111BF3O38. The van der Waals surface area contributed by atoms with Crippen molar-refractivity contribution in [3.63, 3.8) is 0 Å². The van der Waals surface area contributed by atoms with Crippen LogP contribution in [-0.4, -0.2) is 336 Å². The van der Waals surface area contributed by atoms with Gasteiger partial charge in [0.1, 0.15) is 122 Å². The summed E-state index contributed by atoms with van der Waals surface area (Å²) >= 11 is 0. The van der Waals surface area contributed by atoms with Gasteiger partial charge in [-0.25, -0.2) is 28.8 Å². The molecule has 1 radical (unpaired) electrons. The molecule has 0 amide bonds. The van der Waals surface area contributed by atoms with Gasteiger partial charge < -0.3 is 163 Å². The van der Waals surface area contributed by atoms with E-state index in [4.69, 9.17) is 108 Å². The van der Waals surface area contributed by atoms with Crippen LogP contribution in [0.1, 0.15) is 76.0 Å². The SMILES string of the molecule is CC1C(COC(=O)c2ccccc2)OC(OC(=O)c2ccccc2)C(OC(=O)c2ccccc2)C1C.COC(=O)c1cccc(-c2ccc(O)cc2)c1.COC(=O)c1cccc(-c2ccc(OC3OC(CO)C(O)C(O)C3O)cc2)c1.COC(=O)c1cccc(-c2ccc(OC3OC(CO)C(O)C(O)C3O)cc2)c1.C[B]F.FF.OC[C@H]1O[C@H](O)[C@H](O)[C@@H](O)[C@@H]1O.OC[C@H]1O[C@H](O)[C@H](O)[C@@H](O)[C@@H]1O. The van der Waals surface area contributed by atoms with Crippen molar-refractivity contribution < 1.29 is 201 Å². The van der Waals surface area contributed by atoms with Gasteiger partial charge in [-0.05, 0) is 148 Å². The van der Waals surface area contributed by atoms with Crippen LogP contribution in [0, 0.1) is 11.8 Å². The number of hydrogen-bond acceptors (Lipinski definition) is 38. The maximum atomic E-state index is 12.8. The number of methoxy groups -OCH3 is 3. The number of halogens is 3. The number of esters is 6. The van der Waals surface area contributed by atoms with Gasteiger partial charge in [0.15, 0.2) is 18.7 Å². The Kier molecular flexibility index (Phi) is 46.6. The van der Waals surface area contributed by atoms with Crippen molar-refractivity contribution >= 4 is 43.4 Å². The lowest BCUT2D eigenvalue weighted by atomic mass is 9.83. The third kappa shape index (κ3) is 31.8. The minimum atomic E-state index is -1.57. The van der Waals surface area contributed by atoms with E-state index in [9.17, 15) is 79.0 Å². The van der Waals surface area contributed by atoms with E-state index < -0.39 is 198 Å². The van der Waals surface area contributed by atoms with Crippen LogP contribution in [0.4, 0.5) is 13.5 Å². The second kappa shape index (κ2) is 56.9. The van der Waals surface area contributed by atoms with Crippen molar-refractivity contribution in [1.82, 2.24) is 0 Å². The normalized spacial score (nSPS) is 27.1. The largest absolute Gasteiger partial charge is 0.508 e. The van der Waals surface area contributed by atoms with Gasteiger partial charge in [0, 0.05) is 15.1 Å². The van der Waals surface area contributed by atoms with Crippen LogP contribution in [-0.2, 0) is 52.1 Å². The van der Waals surface area contributed by atoms with Crippen LogP contribution in [0.5, 0.6) is 17.2 Å². The van der Waals surface area contributed by atoms with Crippen LogP contribution < -0.4 is 9.47 Å². The van der Waals surface area contributed by atoms with E-state index in [-0.39, 0.29) is 30.2 Å². The molecule has 25 atom stereocenters. The number of ether oxygens (including phenoxy) is 13. The monoisotopic (exact) mass is 1940 g/mol. The number of benzene rings is 9. The summed E-state index contributed by atoms with van der Waals surface area (Å²) in [4.78, 5) is 72.8. The Hall–Kier alpha value is -11.9. The van der Waals surface area contributed by atoms with Gasteiger partial charge in [-0.2, -0.15) is 0 Å². The van der Waals surface area contributed by atoms with E-state index in [2.05, 4.69) is 14.2 Å². The number of carbonyl (C=O) groups excluding carboxylic acids is 6. The molecule has 14 rings (SSSR count). The number of carbonyl (C=O) groups is 6. The highest BCUT2D eigenvalue weighted by molar-refractivity contribution is 6.23. The van der Waals surface area contributed by atoms with E-state index in [1.165, 1.54) is 28.2 Å². The molecule has 9 aromatic rings. The first-order valence-electron chi connectivity index (χ1n) is 42.5. The van der Waals surface area contributed by atoms with E-state index >= 15 is 0 Å². The Labute approximate surface area is 789 Å². The third-order valence-corrected chi connectivity index (χ3v) is 21.7. The summed E-state index contributed by atoms with van der Waals surface area (Å²) in [6.45, 7) is 3.00. The zero-order chi connectivity index (χ0) is 102. The quantitative estimate of drug-likeness (QED) is 0.0278. The molecule has 138 heavy (non-hydrogen) atoms. The Morgan fingerprint density at radius 1 is 0.312 bits per heavy atom. The Morgan fingerprint density at radius 3 is 0.913 bits per heavy atom. The number of rotatable bonds is 21. The summed E-state index contributed by atoms with van der Waals surface area (Å²) in [6.07, 6.45) is -30.1. The van der Waals surface area contributed by atoms with Gasteiger partial charge in [-0.1, -0.05) is 148 Å². The molecule has 0 bridgehead atoms. The first-order chi connectivity index (χ1) is 66.1. The van der Waals surface area contributed by atoms with Crippen LogP contribution in [0.15, 0.2) is 237 Å². The molecule has 9 aromatic carbocycles. The highest BCUT2D eigenvalue weighted by atomic mass is 20.0. The molecule has 15 unspecified atom stereocenters. The molecule has 5 saturated heterocycles. The fourth-order valence-corrected chi connectivity index (χ4v) is 13.7. The minimum Gasteiger partial charge on any atom is -0.508 e. The van der Waals surface area contributed by atoms with E-state index in [1.54, 1.807) is 212 Å². The second-order valence-corrected chi connectivity index (χ2v) is 30.8. The second-order valence-electron chi connectivity index (χ2n) is 30.8. The zero-order valence-corrected chi connectivity index (χ0v) is 75.0. The van der Waals surface area contributed by atoms with Gasteiger partial charge in [-0.3, -0.25) is 0 Å². The molecule has 5 aliphatic rings. The lowest BCUT2D eigenvalue weighted by Gasteiger charge is -2.43. The molecule has 19 N–H and O–H groups in total. The molecule has 0 saturated carbocycles. The topological polar surface area (TPSA) is 607 Å². The number of aromatic hydroxyl groups is 1. The fourth-order valence-electron chi connectivity index (χ4n) is 13.7. The average Bonchev–Trinajstić information content (AvgIpc) is 0.793. The van der Waals surface area contributed by atoms with E-state index in [0.717, 1.165) is 33.4 Å². The fraction of sp³-hybridized carbons (Fsp3) is 0.375. The Bertz CT molecular complexity index is 4960. The molecule has 0 aliphatic carbocycles. The Morgan fingerprint density at radius 2 is 0.594 bits per heavy atom. The zero-order valence-electron chi connectivity index (χ0n) is 75.0. The smallest absolute Gasteiger partial charge is 0.351 e. The number of aliphatic hydroxyl groups excluding tert-OH is 18. The van der Waals surface area contributed by atoms with Crippen molar-refractivity contribution in [2.24, 2.45) is 11.8 Å². The van der Waals surface area contributed by atoms with Gasteiger partial charge in [-0.15, -0.1) is 0 Å². The molecule has 0 aromatic heterocycles. The summed E-state index contributed by atoms with van der Waals surface area (Å²) in [5, 5.41) is 176. The first-order valence-corrected chi connectivity index (χ1v) is 42.5. The lowest BCUT2D eigenvalue weighted by Crippen LogP contribution is -2.60. The maximum Gasteiger partial charge on any atom is 0.351 e. The molecule has 0 spiro atoms. The van der Waals surface area contributed by atoms with Crippen LogP contribution in [0.25, 0.3) is 33.4 Å². The summed E-state index contributed by atoms with van der Waals surface area (Å²) < 4.78 is 94.3. The summed E-state index contributed by atoms with van der Waals surface area (Å²) in [5.41, 5.74) is 7.64. The number of hydrogen-bond donors (Lipinski definition) is 19. The number of phenols is 1. The van der Waals surface area contributed by atoms with E-state index in [0.29, 0.717) is 52.4 Å². The lowest BCUT2D eigenvalue weighted by molar-refractivity contribution is -0.286. The number of aliphatic hydroxyl groups is 18. The van der Waals surface area contributed by atoms with Gasteiger partial charge >= 0.3 is 43.4 Å². The van der Waals surface area contributed by atoms with Crippen molar-refractivity contribution in [2.45, 2.75) is 162 Å². The Balaban J connectivity index is 0.000000232. The predicted molar refractivity (Wildman–Crippen MR) is 478 cm³/mol. The van der Waals surface area contributed by atoms with Crippen LogP contribution in [0.2, 0.25) is 6.82 Å². The summed E-state index contributed by atoms with van der Waals surface area (Å²) in [6, 6.07) is 67.2. The molecule has 5 aliphatic heterocycles. The highest BCUT2D eigenvalue weighted by Gasteiger charge is 2.50. The molecule has 38 nitrogen and oxygen atoms in total. The first kappa shape index (κ1) is 113. The standard InChI is InChI=1S/C29H28O7.2C20H22O8.C14H12O3.2C6H12O6.CH3BF.F2/c1-19-20(2)25(35-27(31)22-14-8-4-9-15-22)29(36-28(32)23-16-10-5-11-17-23)34-24(19)18-33-26(30)21-12-6-3-7-13-21;2*1-26-19(25)13-4-2-3-12(9-13)11-5-7-14(8-6-11)27-20-18(24)17(23)16(22)15(10-21)28-20;1-17-14(16)12-4-2-3-11(9-12)10-5-7-13(15)8-6-10;2*7-1-2-3(8)4(9)5(10)6(11)12-2;1-2-3;1-2/h3-17,19-20,24-25,29H,18H2,1-2H3;2*2-9,15-18,20-24H,10H2,1H3;2-9,15H,1H3;2*2-11H,1H2;1H3;/t;;;;2*2-,3-,4+,5-,6+;;/m....11../s1. The van der Waals surface area contributed by atoms with Crippen molar-refractivity contribution in [2.75, 3.05) is 54.4 Å². The van der Waals surface area contributed by atoms with Crippen LogP contribution in [0.3, 0.4) is 0 Å². The van der Waals surface area contributed by atoms with Crippen molar-refractivity contribution in [3.8, 4) is 50.6 Å². The van der Waals surface area contributed by atoms with Crippen LogP contribution >= 0.6 is 0 Å².